The Bertz CT molecular complexity index is 2940. The van der Waals surface area contributed by atoms with Gasteiger partial charge in [-0.05, 0) is 0 Å². The molecule has 10 rings (SSSR count). The first kappa shape index (κ1) is 32.9. The first-order valence-corrected chi connectivity index (χ1v) is 20.2. The van der Waals surface area contributed by atoms with Crippen molar-refractivity contribution in [3.8, 4) is 78.1 Å². The molecule has 2 heterocycles. The predicted octanol–water partition coefficient (Wildman–Crippen LogP) is 12.9. The Hall–Kier alpha value is -6.71. The second-order valence-electron chi connectivity index (χ2n) is 13.6. The van der Waals surface area contributed by atoms with Crippen LogP contribution < -0.4 is 0 Å². The normalized spacial score (nSPS) is 11.3. The van der Waals surface area contributed by atoms with Crippen LogP contribution in [0.1, 0.15) is 0 Å². The van der Waals surface area contributed by atoms with Crippen molar-refractivity contribution >= 4 is 33.8 Å². The standard InChI is InChI=1S/C51H33N3Se/c1-6-19-34(20-7-1)39-30-18-31-41(51-46(37-25-12-4-13-26-37)50(52-54-53-51)38-27-14-5-15-28-38)47(39)49-45(36-23-10-3-11-24-36)42(35-21-8-2-9-22-35)33-44-48(49)40-29-16-17-32-43(40)55-44/h1-33H. The molecule has 0 amide bonds. The van der Waals surface area contributed by atoms with E-state index in [1.54, 1.807) is 0 Å². The molecule has 0 N–H and O–H groups in total. The van der Waals surface area contributed by atoms with Gasteiger partial charge in [0.15, 0.2) is 0 Å². The van der Waals surface area contributed by atoms with Gasteiger partial charge in [-0.2, -0.15) is 0 Å². The molecule has 0 aliphatic rings. The van der Waals surface area contributed by atoms with Crippen molar-refractivity contribution in [1.29, 1.82) is 0 Å². The van der Waals surface area contributed by atoms with Crippen LogP contribution in [0.2, 0.25) is 0 Å². The zero-order chi connectivity index (χ0) is 36.6. The van der Waals surface area contributed by atoms with E-state index >= 15 is 0 Å². The van der Waals surface area contributed by atoms with Gasteiger partial charge < -0.3 is 0 Å². The Labute approximate surface area is 326 Å². The molecule has 258 valence electrons. The van der Waals surface area contributed by atoms with E-state index in [2.05, 4.69) is 199 Å². The van der Waals surface area contributed by atoms with Crippen molar-refractivity contribution < 1.29 is 0 Å². The molecular formula is C51H33N3Se. The molecule has 8 aromatic carbocycles. The number of hydrogen-bond acceptors (Lipinski definition) is 3. The number of nitrogens with zero attached hydrogens (tertiary/aromatic N) is 3. The zero-order valence-electron chi connectivity index (χ0n) is 29.8. The molecule has 0 saturated heterocycles. The van der Waals surface area contributed by atoms with Crippen LogP contribution in [0.15, 0.2) is 200 Å². The third-order valence-electron chi connectivity index (χ3n) is 10.3. The topological polar surface area (TPSA) is 38.7 Å². The van der Waals surface area contributed by atoms with Gasteiger partial charge in [0, 0.05) is 0 Å². The van der Waals surface area contributed by atoms with Gasteiger partial charge in [0.05, 0.1) is 0 Å². The molecule has 0 saturated carbocycles. The quantitative estimate of drug-likeness (QED) is 0.152. The molecule has 3 nitrogen and oxygen atoms in total. The SMILES string of the molecule is c1ccc(-c2cccc(-c3nnnc(-c4ccccc4)c3-c3ccccc3)c2-c2c(-c3ccccc3)c(-c3ccccc3)cc3[se]c4ccccc4c23)cc1. The van der Waals surface area contributed by atoms with E-state index in [0.717, 1.165) is 50.3 Å². The fourth-order valence-corrected chi connectivity index (χ4v) is 10.4. The summed E-state index contributed by atoms with van der Waals surface area (Å²) in [5, 5.41) is 16.9. The van der Waals surface area contributed by atoms with Crippen molar-refractivity contribution in [1.82, 2.24) is 15.4 Å². The molecule has 10 aromatic rings. The summed E-state index contributed by atoms with van der Waals surface area (Å²) in [6, 6.07) is 71.5. The van der Waals surface area contributed by atoms with Crippen molar-refractivity contribution in [3.63, 3.8) is 0 Å². The first-order chi connectivity index (χ1) is 27.3. The molecule has 2 aromatic heterocycles. The molecule has 0 fully saturated rings. The van der Waals surface area contributed by atoms with Gasteiger partial charge >= 0.3 is 328 Å². The van der Waals surface area contributed by atoms with Crippen molar-refractivity contribution in [2.24, 2.45) is 0 Å². The average molecular weight is 767 g/mol. The minimum atomic E-state index is 0.118. The van der Waals surface area contributed by atoms with Gasteiger partial charge in [-0.25, -0.2) is 0 Å². The van der Waals surface area contributed by atoms with Gasteiger partial charge in [-0.15, -0.1) is 0 Å². The molecule has 0 aliphatic heterocycles. The van der Waals surface area contributed by atoms with Gasteiger partial charge in [-0.1, -0.05) is 0 Å². The van der Waals surface area contributed by atoms with E-state index < -0.39 is 0 Å². The van der Waals surface area contributed by atoms with Gasteiger partial charge in [0.1, 0.15) is 0 Å². The van der Waals surface area contributed by atoms with Gasteiger partial charge in [-0.3, -0.25) is 0 Å². The summed E-state index contributed by atoms with van der Waals surface area (Å²) in [7, 11) is 0. The zero-order valence-corrected chi connectivity index (χ0v) is 31.5. The van der Waals surface area contributed by atoms with E-state index in [-0.39, 0.29) is 14.5 Å². The number of rotatable bonds is 7. The Morgan fingerprint density at radius 1 is 0.309 bits per heavy atom. The fraction of sp³-hybridized carbons (Fsp3) is 0. The Kier molecular flexibility index (Phi) is 8.53. The van der Waals surface area contributed by atoms with Crippen LogP contribution >= 0.6 is 0 Å². The number of fused-ring (bicyclic) bond motifs is 3. The Balaban J connectivity index is 1.43. The second kappa shape index (κ2) is 14.3. The maximum absolute atomic E-state index is 5.00. The molecule has 0 atom stereocenters. The van der Waals surface area contributed by atoms with Gasteiger partial charge in [0.25, 0.3) is 0 Å². The Morgan fingerprint density at radius 2 is 0.800 bits per heavy atom. The summed E-state index contributed by atoms with van der Waals surface area (Å²) in [5.41, 5.74) is 15.0. The average Bonchev–Trinajstić information content (AvgIpc) is 3.65. The van der Waals surface area contributed by atoms with Crippen molar-refractivity contribution in [2.75, 3.05) is 0 Å². The summed E-state index contributed by atoms with van der Waals surface area (Å²) in [6.45, 7) is 0. The van der Waals surface area contributed by atoms with Crippen LogP contribution in [0.5, 0.6) is 0 Å². The first-order valence-electron chi connectivity index (χ1n) is 18.5. The van der Waals surface area contributed by atoms with E-state index in [0.29, 0.717) is 0 Å². The van der Waals surface area contributed by atoms with E-state index in [1.807, 2.05) is 6.07 Å². The fourth-order valence-electron chi connectivity index (χ4n) is 7.95. The molecule has 0 unspecified atom stereocenters. The Morgan fingerprint density at radius 3 is 1.44 bits per heavy atom. The van der Waals surface area contributed by atoms with E-state index in [9.17, 15) is 0 Å². The summed E-state index contributed by atoms with van der Waals surface area (Å²) in [5.74, 6) is 0. The minimum absolute atomic E-state index is 0.118. The third kappa shape index (κ3) is 5.89. The van der Waals surface area contributed by atoms with Gasteiger partial charge in [0.2, 0.25) is 0 Å². The predicted molar refractivity (Wildman–Crippen MR) is 230 cm³/mol. The maximum atomic E-state index is 5.00. The molecule has 4 heteroatoms. The van der Waals surface area contributed by atoms with Crippen LogP contribution in [-0.4, -0.2) is 29.9 Å². The van der Waals surface area contributed by atoms with Crippen LogP contribution in [-0.2, 0) is 0 Å². The summed E-state index contributed by atoms with van der Waals surface area (Å²) < 4.78 is 2.78. The van der Waals surface area contributed by atoms with Crippen LogP contribution in [0.3, 0.4) is 0 Å². The van der Waals surface area contributed by atoms with Crippen molar-refractivity contribution in [2.45, 2.75) is 0 Å². The number of hydrogen-bond donors (Lipinski definition) is 0. The summed E-state index contributed by atoms with van der Waals surface area (Å²) >= 11 is 0.118. The molecule has 0 bridgehead atoms. The van der Waals surface area contributed by atoms with Crippen molar-refractivity contribution in [3.05, 3.63) is 200 Å². The number of benzene rings is 8. The number of aromatic nitrogens is 3. The molecule has 0 aliphatic carbocycles. The molecule has 55 heavy (non-hydrogen) atoms. The van der Waals surface area contributed by atoms with E-state index in [4.69, 9.17) is 10.2 Å². The van der Waals surface area contributed by atoms with Crippen LogP contribution in [0, 0.1) is 0 Å². The monoisotopic (exact) mass is 767 g/mol. The van der Waals surface area contributed by atoms with Crippen LogP contribution in [0.25, 0.3) is 97.4 Å². The third-order valence-corrected chi connectivity index (χ3v) is 12.7. The second-order valence-corrected chi connectivity index (χ2v) is 15.8. The summed E-state index contributed by atoms with van der Waals surface area (Å²) in [6.07, 6.45) is 0. The van der Waals surface area contributed by atoms with Crippen LogP contribution in [0.4, 0.5) is 0 Å². The molecule has 0 spiro atoms. The summed E-state index contributed by atoms with van der Waals surface area (Å²) in [4.78, 5) is 0. The van der Waals surface area contributed by atoms with E-state index in [1.165, 1.54) is 47.1 Å². The molecule has 0 radical (unpaired) electrons. The molecular weight excluding hydrogens is 734 g/mol.